The van der Waals surface area contributed by atoms with E-state index in [1.54, 1.807) is 12.1 Å². The van der Waals surface area contributed by atoms with Crippen LogP contribution in [0.15, 0.2) is 53.4 Å². The molecule has 0 fully saturated rings. The van der Waals surface area contributed by atoms with Crippen molar-refractivity contribution in [3.05, 3.63) is 59.7 Å². The minimum absolute atomic E-state index is 0.175. The molecule has 0 unspecified atom stereocenters. The summed E-state index contributed by atoms with van der Waals surface area (Å²) in [4.78, 5) is 23.4. The van der Waals surface area contributed by atoms with Crippen LogP contribution >= 0.6 is 0 Å². The van der Waals surface area contributed by atoms with Gasteiger partial charge in [-0.15, -0.1) is 0 Å². The summed E-state index contributed by atoms with van der Waals surface area (Å²) < 4.78 is 32.0. The van der Waals surface area contributed by atoms with Crippen LogP contribution in [0.1, 0.15) is 29.8 Å². The van der Waals surface area contributed by atoms with Crippen molar-refractivity contribution in [2.75, 3.05) is 0 Å². The van der Waals surface area contributed by atoms with Gasteiger partial charge < -0.3 is 4.74 Å². The van der Waals surface area contributed by atoms with Crippen molar-refractivity contribution in [2.45, 2.75) is 24.8 Å². The van der Waals surface area contributed by atoms with Gasteiger partial charge in [0.05, 0.1) is 10.5 Å². The van der Waals surface area contributed by atoms with Crippen molar-refractivity contribution in [3.8, 4) is 11.8 Å². The first-order valence-electron chi connectivity index (χ1n) is 7.58. The van der Waals surface area contributed by atoms with E-state index >= 15 is 0 Å². The molecule has 7 nitrogen and oxygen atoms in total. The number of sulfonamides is 1. The second-order valence-corrected chi connectivity index (χ2v) is 7.10. The Balaban J connectivity index is 2.16. The van der Waals surface area contributed by atoms with Crippen LogP contribution < -0.4 is 9.46 Å². The van der Waals surface area contributed by atoms with E-state index in [9.17, 15) is 18.0 Å². The number of carbonyl (C=O) groups excluding carboxylic acids is 2. The van der Waals surface area contributed by atoms with E-state index in [0.29, 0.717) is 0 Å². The number of amides is 1. The zero-order chi connectivity index (χ0) is 19.3. The van der Waals surface area contributed by atoms with Crippen molar-refractivity contribution in [2.24, 2.45) is 0 Å². The van der Waals surface area contributed by atoms with Gasteiger partial charge in [0.15, 0.2) is 11.9 Å². The molecule has 1 N–H and O–H groups in total. The van der Waals surface area contributed by atoms with Crippen LogP contribution in [-0.2, 0) is 14.8 Å². The van der Waals surface area contributed by atoms with Gasteiger partial charge >= 0.3 is 0 Å². The van der Waals surface area contributed by atoms with Crippen LogP contribution in [0.2, 0.25) is 0 Å². The van der Waals surface area contributed by atoms with E-state index in [2.05, 4.69) is 0 Å². The van der Waals surface area contributed by atoms with Crippen LogP contribution in [0.5, 0.6) is 5.75 Å². The van der Waals surface area contributed by atoms with Gasteiger partial charge in [-0.1, -0.05) is 24.3 Å². The fourth-order valence-corrected chi connectivity index (χ4v) is 3.15. The second-order valence-electron chi connectivity index (χ2n) is 5.42. The van der Waals surface area contributed by atoms with E-state index in [-0.39, 0.29) is 27.6 Å². The topological polar surface area (TPSA) is 113 Å². The molecule has 0 bridgehead atoms. The molecule has 26 heavy (non-hydrogen) atoms. The smallest absolute Gasteiger partial charge is 0.274 e. The minimum atomic E-state index is -4.17. The Morgan fingerprint density at radius 2 is 1.85 bits per heavy atom. The lowest BCUT2D eigenvalue weighted by atomic mass is 10.2. The van der Waals surface area contributed by atoms with E-state index in [1.165, 1.54) is 50.2 Å². The molecule has 0 saturated heterocycles. The highest BCUT2D eigenvalue weighted by molar-refractivity contribution is 7.90. The lowest BCUT2D eigenvalue weighted by Gasteiger charge is -2.15. The van der Waals surface area contributed by atoms with Crippen molar-refractivity contribution in [1.29, 1.82) is 5.26 Å². The molecule has 0 radical (unpaired) electrons. The number of carbonyl (C=O) groups is 2. The number of para-hydroxylation sites is 1. The van der Waals surface area contributed by atoms with Gasteiger partial charge in [-0.2, -0.15) is 5.26 Å². The zero-order valence-electron chi connectivity index (χ0n) is 14.1. The van der Waals surface area contributed by atoms with Crippen molar-refractivity contribution >= 4 is 21.7 Å². The predicted molar refractivity (Wildman–Crippen MR) is 93.0 cm³/mol. The molecule has 1 amide bonds. The SMILES string of the molecule is CC(=O)c1cccc(S(=O)(=O)NC(=O)[C@H](C)Oc2ccccc2C#N)c1. The fourth-order valence-electron chi connectivity index (χ4n) is 2.06. The molecule has 0 saturated carbocycles. The van der Waals surface area contributed by atoms with Crippen LogP contribution in [0.4, 0.5) is 0 Å². The molecule has 8 heteroatoms. The van der Waals surface area contributed by atoms with Crippen LogP contribution in [0.25, 0.3) is 0 Å². The van der Waals surface area contributed by atoms with E-state index in [4.69, 9.17) is 10.00 Å². The summed E-state index contributed by atoms with van der Waals surface area (Å²) >= 11 is 0. The Morgan fingerprint density at radius 3 is 2.50 bits per heavy atom. The minimum Gasteiger partial charge on any atom is -0.479 e. The maximum absolute atomic E-state index is 12.3. The van der Waals surface area contributed by atoms with Crippen molar-refractivity contribution in [3.63, 3.8) is 0 Å². The number of benzene rings is 2. The fraction of sp³-hybridized carbons (Fsp3) is 0.167. The number of hydrogen-bond acceptors (Lipinski definition) is 6. The summed E-state index contributed by atoms with van der Waals surface area (Å²) in [6, 6.07) is 13.6. The molecule has 134 valence electrons. The molecule has 1 atom stereocenters. The second kappa shape index (κ2) is 7.80. The van der Waals surface area contributed by atoms with Gasteiger partial charge in [-0.3, -0.25) is 9.59 Å². The Labute approximate surface area is 151 Å². The maximum atomic E-state index is 12.3. The summed E-state index contributed by atoms with van der Waals surface area (Å²) in [6.45, 7) is 2.68. The van der Waals surface area contributed by atoms with Gasteiger partial charge in [0.25, 0.3) is 15.9 Å². The molecular weight excluding hydrogens is 356 g/mol. The molecular formula is C18H16N2O5S. The average Bonchev–Trinajstić information content (AvgIpc) is 2.61. The Bertz CT molecular complexity index is 993. The molecule has 2 rings (SSSR count). The third kappa shape index (κ3) is 4.46. The van der Waals surface area contributed by atoms with Gasteiger partial charge in [-0.25, -0.2) is 13.1 Å². The van der Waals surface area contributed by atoms with Crippen LogP contribution in [0, 0.1) is 11.3 Å². The van der Waals surface area contributed by atoms with Gasteiger partial charge in [0.1, 0.15) is 11.8 Å². The molecule has 2 aromatic rings. The number of ether oxygens (including phenoxy) is 1. The molecule has 0 aliphatic carbocycles. The maximum Gasteiger partial charge on any atom is 0.274 e. The van der Waals surface area contributed by atoms with Crippen LogP contribution in [-0.4, -0.2) is 26.2 Å². The first kappa shape index (κ1) is 19.1. The molecule has 0 heterocycles. The van der Waals surface area contributed by atoms with Gasteiger partial charge in [-0.05, 0) is 38.1 Å². The summed E-state index contributed by atoms with van der Waals surface area (Å²) in [5, 5.41) is 9.02. The third-order valence-electron chi connectivity index (χ3n) is 3.47. The number of nitrogens with one attached hydrogen (secondary N) is 1. The van der Waals surface area contributed by atoms with Crippen molar-refractivity contribution < 1.29 is 22.7 Å². The van der Waals surface area contributed by atoms with E-state index in [1.807, 2.05) is 10.8 Å². The average molecular weight is 372 g/mol. The number of hydrogen-bond donors (Lipinski definition) is 1. The summed E-state index contributed by atoms with van der Waals surface area (Å²) in [7, 11) is -4.17. The Kier molecular flexibility index (Phi) is 5.75. The number of rotatable bonds is 6. The van der Waals surface area contributed by atoms with Gasteiger partial charge in [0.2, 0.25) is 0 Å². The molecule has 0 aliphatic heterocycles. The Hall–Kier alpha value is -3.18. The number of ketones is 1. The molecule has 0 aliphatic rings. The largest absolute Gasteiger partial charge is 0.479 e. The third-order valence-corrected chi connectivity index (χ3v) is 4.81. The molecule has 2 aromatic carbocycles. The normalized spacial score (nSPS) is 11.9. The summed E-state index contributed by atoms with van der Waals surface area (Å²) in [5.41, 5.74) is 0.441. The van der Waals surface area contributed by atoms with Crippen LogP contribution in [0.3, 0.4) is 0 Å². The quantitative estimate of drug-likeness (QED) is 0.776. The number of nitrogens with zero attached hydrogens (tertiary/aromatic N) is 1. The number of Topliss-reactive ketones (excluding diaryl/α,β-unsaturated/α-hetero) is 1. The van der Waals surface area contributed by atoms with E-state index in [0.717, 1.165) is 0 Å². The highest BCUT2D eigenvalue weighted by atomic mass is 32.2. The molecule has 0 spiro atoms. The highest BCUT2D eigenvalue weighted by Crippen LogP contribution is 2.18. The highest BCUT2D eigenvalue weighted by Gasteiger charge is 2.24. The van der Waals surface area contributed by atoms with Gasteiger partial charge in [0, 0.05) is 5.56 Å². The first-order valence-corrected chi connectivity index (χ1v) is 9.06. The summed E-state index contributed by atoms with van der Waals surface area (Å²) in [6.07, 6.45) is -1.16. The first-order chi connectivity index (χ1) is 12.2. The number of nitriles is 1. The zero-order valence-corrected chi connectivity index (χ0v) is 14.9. The monoisotopic (exact) mass is 372 g/mol. The Morgan fingerprint density at radius 1 is 1.15 bits per heavy atom. The summed E-state index contributed by atoms with van der Waals surface area (Å²) in [5.74, 6) is -1.02. The van der Waals surface area contributed by atoms with Crippen molar-refractivity contribution in [1.82, 2.24) is 4.72 Å². The lowest BCUT2D eigenvalue weighted by Crippen LogP contribution is -2.40. The lowest BCUT2D eigenvalue weighted by molar-refractivity contribution is -0.125. The predicted octanol–water partition coefficient (Wildman–Crippen LogP) is 2.03. The molecule has 0 aromatic heterocycles. The van der Waals surface area contributed by atoms with E-state index < -0.39 is 22.0 Å². The standard InChI is InChI=1S/C18H16N2O5S/c1-12(21)14-7-5-8-16(10-14)26(23,24)20-18(22)13(2)25-17-9-4-3-6-15(17)11-19/h3-10,13H,1-2H3,(H,20,22)/t13-/m0/s1.